The summed E-state index contributed by atoms with van der Waals surface area (Å²) >= 11 is 0. The van der Waals surface area contributed by atoms with Crippen LogP contribution in [-0.4, -0.2) is 41.8 Å². The van der Waals surface area contributed by atoms with E-state index in [9.17, 15) is 9.59 Å². The van der Waals surface area contributed by atoms with Crippen LogP contribution in [0.5, 0.6) is 11.5 Å². The number of urea groups is 1. The summed E-state index contributed by atoms with van der Waals surface area (Å²) in [5, 5.41) is 5.86. The van der Waals surface area contributed by atoms with Gasteiger partial charge in [-0.05, 0) is 25.0 Å². The summed E-state index contributed by atoms with van der Waals surface area (Å²) in [7, 11) is 0. The quantitative estimate of drug-likeness (QED) is 0.881. The second-order valence-electron chi connectivity index (χ2n) is 6.90. The number of carbonyl (C=O) groups is 2. The van der Waals surface area contributed by atoms with Crippen molar-refractivity contribution < 1.29 is 19.1 Å². The van der Waals surface area contributed by atoms with Crippen molar-refractivity contribution in [3.05, 3.63) is 18.2 Å². The molecule has 7 heteroatoms. The summed E-state index contributed by atoms with van der Waals surface area (Å²) in [6.07, 6.45) is 2.22. The Bertz CT molecular complexity index is 674. The minimum atomic E-state index is -0.692. The summed E-state index contributed by atoms with van der Waals surface area (Å²) in [5.74, 6) is 0.617. The summed E-state index contributed by atoms with van der Waals surface area (Å²) in [5.41, 5.74) is 0.657. The van der Waals surface area contributed by atoms with E-state index >= 15 is 0 Å². The number of hydrogen-bond acceptors (Lipinski definition) is 4. The van der Waals surface area contributed by atoms with Crippen LogP contribution in [0.2, 0.25) is 0 Å². The first-order valence-electron chi connectivity index (χ1n) is 8.73. The summed E-state index contributed by atoms with van der Waals surface area (Å²) < 4.78 is 11.3. The molecule has 2 aliphatic heterocycles. The van der Waals surface area contributed by atoms with Crippen LogP contribution in [0.3, 0.4) is 0 Å². The standard InChI is InChI=1S/C18H25N3O4/c1-4-16(22)19-13-6-5-9-21(11-13)17(23)20-12-7-8-14-15(10-12)25-18(2,3)24-14/h7-8,10,13H,4-6,9,11H2,1-3H3,(H,19,22)(H,20,23). The molecule has 2 heterocycles. The molecule has 1 aromatic rings. The van der Waals surface area contributed by atoms with E-state index in [1.54, 1.807) is 23.1 Å². The minimum Gasteiger partial charge on any atom is -0.449 e. The van der Waals surface area contributed by atoms with Crippen molar-refractivity contribution in [1.29, 1.82) is 0 Å². The third-order valence-corrected chi connectivity index (χ3v) is 4.30. The highest BCUT2D eigenvalue weighted by Crippen LogP contribution is 2.40. The van der Waals surface area contributed by atoms with Gasteiger partial charge in [-0.25, -0.2) is 4.79 Å². The molecule has 3 rings (SSSR count). The maximum Gasteiger partial charge on any atom is 0.321 e. The van der Waals surface area contributed by atoms with Crippen molar-refractivity contribution in [3.63, 3.8) is 0 Å². The Labute approximate surface area is 147 Å². The Morgan fingerprint density at radius 1 is 1.28 bits per heavy atom. The number of piperidine rings is 1. The van der Waals surface area contributed by atoms with Crippen LogP contribution >= 0.6 is 0 Å². The van der Waals surface area contributed by atoms with Crippen LogP contribution < -0.4 is 20.1 Å². The molecule has 0 saturated carbocycles. The number of amides is 3. The largest absolute Gasteiger partial charge is 0.449 e. The van der Waals surface area contributed by atoms with E-state index in [1.165, 1.54) is 0 Å². The number of likely N-dealkylation sites (tertiary alicyclic amines) is 1. The van der Waals surface area contributed by atoms with Crippen LogP contribution in [-0.2, 0) is 4.79 Å². The highest BCUT2D eigenvalue weighted by molar-refractivity contribution is 5.90. The van der Waals surface area contributed by atoms with E-state index in [-0.39, 0.29) is 18.0 Å². The van der Waals surface area contributed by atoms with Gasteiger partial charge in [-0.3, -0.25) is 4.79 Å². The lowest BCUT2D eigenvalue weighted by Crippen LogP contribution is -2.50. The number of hydrogen-bond donors (Lipinski definition) is 2. The average molecular weight is 347 g/mol. The van der Waals surface area contributed by atoms with Gasteiger partial charge in [0, 0.05) is 51.2 Å². The fourth-order valence-electron chi connectivity index (χ4n) is 3.11. The molecule has 1 saturated heterocycles. The average Bonchev–Trinajstić information content (AvgIpc) is 2.88. The van der Waals surface area contributed by atoms with Crippen molar-refractivity contribution in [3.8, 4) is 11.5 Å². The third kappa shape index (κ3) is 4.15. The van der Waals surface area contributed by atoms with Crippen LogP contribution in [0, 0.1) is 0 Å². The van der Waals surface area contributed by atoms with Gasteiger partial charge >= 0.3 is 6.03 Å². The SMILES string of the molecule is CCC(=O)NC1CCCN(C(=O)Nc2ccc3c(c2)OC(C)(C)O3)C1. The zero-order chi connectivity index (χ0) is 18.0. The van der Waals surface area contributed by atoms with Gasteiger partial charge in [0.25, 0.3) is 0 Å². The molecule has 2 aliphatic rings. The van der Waals surface area contributed by atoms with Crippen LogP contribution in [0.4, 0.5) is 10.5 Å². The van der Waals surface area contributed by atoms with Gasteiger partial charge in [-0.1, -0.05) is 6.92 Å². The Morgan fingerprint density at radius 3 is 2.80 bits per heavy atom. The van der Waals surface area contributed by atoms with E-state index in [2.05, 4.69) is 10.6 Å². The van der Waals surface area contributed by atoms with Crippen molar-refractivity contribution in [2.45, 2.75) is 51.9 Å². The van der Waals surface area contributed by atoms with Gasteiger partial charge in [0.05, 0.1) is 0 Å². The Hall–Kier alpha value is -2.44. The molecule has 7 nitrogen and oxygen atoms in total. The third-order valence-electron chi connectivity index (χ3n) is 4.30. The lowest BCUT2D eigenvalue weighted by Gasteiger charge is -2.33. The Kier molecular flexibility index (Phi) is 4.74. The topological polar surface area (TPSA) is 79.9 Å². The van der Waals surface area contributed by atoms with Gasteiger partial charge in [0.2, 0.25) is 11.7 Å². The molecule has 0 bridgehead atoms. The molecule has 1 fully saturated rings. The molecule has 0 spiro atoms. The lowest BCUT2D eigenvalue weighted by atomic mass is 10.1. The predicted molar refractivity (Wildman–Crippen MR) is 93.8 cm³/mol. The first-order valence-corrected chi connectivity index (χ1v) is 8.73. The first kappa shape index (κ1) is 17.4. The van der Waals surface area contributed by atoms with Crippen LogP contribution in [0.1, 0.15) is 40.0 Å². The highest BCUT2D eigenvalue weighted by atomic mass is 16.7. The predicted octanol–water partition coefficient (Wildman–Crippen LogP) is 2.72. The lowest BCUT2D eigenvalue weighted by molar-refractivity contribution is -0.121. The van der Waals surface area contributed by atoms with Crippen LogP contribution in [0.15, 0.2) is 18.2 Å². The molecular weight excluding hydrogens is 322 g/mol. The molecule has 0 aliphatic carbocycles. The molecule has 2 N–H and O–H groups in total. The minimum absolute atomic E-state index is 0.0181. The Morgan fingerprint density at radius 2 is 2.04 bits per heavy atom. The van der Waals surface area contributed by atoms with Gasteiger partial charge in [0.1, 0.15) is 0 Å². The molecule has 1 atom stereocenters. The summed E-state index contributed by atoms with van der Waals surface area (Å²) in [4.78, 5) is 25.8. The van der Waals surface area contributed by atoms with E-state index in [1.807, 2.05) is 20.8 Å². The molecule has 1 aromatic carbocycles. The normalized spacial score (nSPS) is 20.9. The first-order chi connectivity index (χ1) is 11.9. The molecule has 0 aromatic heterocycles. The van der Waals surface area contributed by atoms with E-state index in [0.29, 0.717) is 36.7 Å². The molecule has 1 unspecified atom stereocenters. The summed E-state index contributed by atoms with van der Waals surface area (Å²) in [6, 6.07) is 5.20. The number of nitrogens with zero attached hydrogens (tertiary/aromatic N) is 1. The van der Waals surface area contributed by atoms with Crippen molar-refractivity contribution in [2.75, 3.05) is 18.4 Å². The van der Waals surface area contributed by atoms with Gasteiger partial charge in [-0.2, -0.15) is 0 Å². The number of rotatable bonds is 3. The highest BCUT2D eigenvalue weighted by Gasteiger charge is 2.32. The monoisotopic (exact) mass is 347 g/mol. The van der Waals surface area contributed by atoms with Crippen molar-refractivity contribution >= 4 is 17.6 Å². The molecule has 25 heavy (non-hydrogen) atoms. The summed E-state index contributed by atoms with van der Waals surface area (Å²) in [6.45, 7) is 6.70. The van der Waals surface area contributed by atoms with E-state index in [0.717, 1.165) is 12.8 Å². The number of anilines is 1. The Balaban J connectivity index is 1.60. The second-order valence-corrected chi connectivity index (χ2v) is 6.90. The molecule has 3 amide bonds. The number of fused-ring (bicyclic) bond motifs is 1. The van der Waals surface area contributed by atoms with Gasteiger partial charge < -0.3 is 25.0 Å². The number of benzene rings is 1. The van der Waals surface area contributed by atoms with Gasteiger partial charge in [-0.15, -0.1) is 0 Å². The van der Waals surface area contributed by atoms with E-state index < -0.39 is 5.79 Å². The molecule has 136 valence electrons. The smallest absolute Gasteiger partial charge is 0.321 e. The van der Waals surface area contributed by atoms with Gasteiger partial charge in [0.15, 0.2) is 11.5 Å². The fraction of sp³-hybridized carbons (Fsp3) is 0.556. The number of ether oxygens (including phenoxy) is 2. The fourth-order valence-corrected chi connectivity index (χ4v) is 3.11. The zero-order valence-electron chi connectivity index (χ0n) is 14.9. The van der Waals surface area contributed by atoms with Crippen molar-refractivity contribution in [1.82, 2.24) is 10.2 Å². The van der Waals surface area contributed by atoms with E-state index in [4.69, 9.17) is 9.47 Å². The van der Waals surface area contributed by atoms with Crippen LogP contribution in [0.25, 0.3) is 0 Å². The number of carbonyl (C=O) groups excluding carboxylic acids is 2. The molecule has 0 radical (unpaired) electrons. The zero-order valence-corrected chi connectivity index (χ0v) is 14.9. The molecular formula is C18H25N3O4. The number of nitrogens with one attached hydrogen (secondary N) is 2. The second kappa shape index (κ2) is 6.82. The maximum atomic E-state index is 12.5. The van der Waals surface area contributed by atoms with Crippen molar-refractivity contribution in [2.24, 2.45) is 0 Å². The maximum absolute atomic E-state index is 12.5.